The second kappa shape index (κ2) is 10.3. The van der Waals surface area contributed by atoms with E-state index in [0.717, 1.165) is 6.42 Å². The summed E-state index contributed by atoms with van der Waals surface area (Å²) in [6.45, 7) is 3.89. The maximum absolute atomic E-state index is 14.3. The number of ether oxygens (including phenoxy) is 1. The Morgan fingerprint density at radius 3 is 2.74 bits per heavy atom. The number of piperidine rings is 1. The van der Waals surface area contributed by atoms with Gasteiger partial charge in [0, 0.05) is 33.6 Å². The average Bonchev–Trinajstić information content (AvgIpc) is 3.10. The number of pyridine rings is 1. The van der Waals surface area contributed by atoms with Crippen molar-refractivity contribution in [3.63, 3.8) is 0 Å². The number of hydrogen-bond donors (Lipinski definition) is 1. The number of rotatable bonds is 8. The van der Waals surface area contributed by atoms with Crippen LogP contribution in [0.5, 0.6) is 0 Å². The van der Waals surface area contributed by atoms with Gasteiger partial charge in [-0.05, 0) is 31.4 Å². The van der Waals surface area contributed by atoms with Crippen molar-refractivity contribution in [2.24, 2.45) is 13.0 Å². The van der Waals surface area contributed by atoms with E-state index in [0.29, 0.717) is 35.0 Å². The number of nitrogens with zero attached hydrogens (tertiary/aromatic N) is 6. The number of alkyl halides is 2. The fourth-order valence-electron chi connectivity index (χ4n) is 4.20. The number of aromatic nitrogens is 4. The van der Waals surface area contributed by atoms with Crippen molar-refractivity contribution in [3.8, 4) is 11.4 Å². The van der Waals surface area contributed by atoms with Crippen LogP contribution in [0, 0.1) is 12.8 Å². The molecule has 0 aromatic carbocycles. The first-order valence-electron chi connectivity index (χ1n) is 11.1. The monoisotopic (exact) mass is 480 g/mol. The fraction of sp³-hybridized carbons (Fsp3) is 0.591. The van der Waals surface area contributed by atoms with E-state index in [1.165, 1.54) is 14.5 Å². The van der Waals surface area contributed by atoms with E-state index >= 15 is 0 Å². The van der Waals surface area contributed by atoms with Gasteiger partial charge in [-0.2, -0.15) is 0 Å². The normalized spacial score (nSPS) is 17.5. The fourth-order valence-corrected chi connectivity index (χ4v) is 4.20. The van der Waals surface area contributed by atoms with Gasteiger partial charge in [-0.3, -0.25) is 4.79 Å². The van der Waals surface area contributed by atoms with Crippen molar-refractivity contribution in [2.45, 2.75) is 45.6 Å². The molecule has 1 unspecified atom stereocenters. The quantitative estimate of drug-likeness (QED) is 0.613. The molecule has 12 heteroatoms. The van der Waals surface area contributed by atoms with Crippen LogP contribution < -0.4 is 4.90 Å². The van der Waals surface area contributed by atoms with Crippen molar-refractivity contribution in [1.82, 2.24) is 24.9 Å². The number of aliphatic carboxylic acids is 1. The van der Waals surface area contributed by atoms with Crippen molar-refractivity contribution < 1.29 is 28.2 Å². The number of amides is 1. The molecule has 1 aliphatic rings. The van der Waals surface area contributed by atoms with E-state index in [1.54, 1.807) is 33.2 Å². The largest absolute Gasteiger partial charge is 0.481 e. The minimum Gasteiger partial charge on any atom is -0.481 e. The van der Waals surface area contributed by atoms with Crippen LogP contribution in [-0.2, 0) is 23.2 Å². The number of hydrogen-bond acceptors (Lipinski definition) is 7. The number of halogens is 2. The number of aryl methyl sites for hydroxylation is 2. The molecule has 186 valence electrons. The number of carboxylic acids is 1. The second-order valence-electron chi connectivity index (χ2n) is 8.69. The van der Waals surface area contributed by atoms with Crippen LogP contribution in [0.4, 0.5) is 19.3 Å². The lowest BCUT2D eigenvalue weighted by Crippen LogP contribution is -2.48. The molecule has 0 saturated carbocycles. The summed E-state index contributed by atoms with van der Waals surface area (Å²) in [4.78, 5) is 30.7. The molecule has 1 aliphatic heterocycles. The molecule has 0 radical (unpaired) electrons. The predicted octanol–water partition coefficient (Wildman–Crippen LogP) is 3.10. The third kappa shape index (κ3) is 5.97. The Bertz CT molecular complexity index is 1040. The molecule has 1 atom stereocenters. The van der Waals surface area contributed by atoms with E-state index in [4.69, 9.17) is 9.84 Å². The third-order valence-corrected chi connectivity index (χ3v) is 5.74. The molecule has 10 nitrogen and oxygen atoms in total. The summed E-state index contributed by atoms with van der Waals surface area (Å²) < 4.78 is 35.5. The summed E-state index contributed by atoms with van der Waals surface area (Å²) in [5, 5.41) is 17.2. The summed E-state index contributed by atoms with van der Waals surface area (Å²) in [7, 11) is 3.33. The van der Waals surface area contributed by atoms with Gasteiger partial charge in [0.2, 0.25) is 0 Å². The Balaban J connectivity index is 1.80. The molecular weight excluding hydrogens is 450 g/mol. The zero-order valence-electron chi connectivity index (χ0n) is 19.8. The zero-order chi connectivity index (χ0) is 25.0. The van der Waals surface area contributed by atoms with Gasteiger partial charge in [0.05, 0.1) is 30.0 Å². The van der Waals surface area contributed by atoms with Gasteiger partial charge >= 0.3 is 12.1 Å². The van der Waals surface area contributed by atoms with Crippen LogP contribution in [0.1, 0.15) is 37.6 Å². The second-order valence-corrected chi connectivity index (χ2v) is 8.69. The van der Waals surface area contributed by atoms with Crippen LogP contribution in [0.25, 0.3) is 11.4 Å². The van der Waals surface area contributed by atoms with Crippen LogP contribution >= 0.6 is 0 Å². The molecule has 1 fully saturated rings. The Morgan fingerprint density at radius 2 is 2.09 bits per heavy atom. The molecule has 1 N–H and O–H groups in total. The standard InChI is InChI=1S/C22H30F2N6O4/c1-5-8-28(3)21(33)34-12-18-20(26-27-29(18)4)16-6-7-17(14(2)25-16)30-11-15(9-19(31)32)10-22(23,24)13-30/h6-7,15H,5,8-13H2,1-4H3,(H,31,32). The number of carboxylic acid groups (broad SMARTS) is 1. The molecule has 3 rings (SSSR count). The van der Waals surface area contributed by atoms with E-state index in [9.17, 15) is 18.4 Å². The number of anilines is 1. The molecule has 0 aliphatic carbocycles. The van der Waals surface area contributed by atoms with Crippen molar-refractivity contribution in [2.75, 3.05) is 31.6 Å². The number of carbonyl (C=O) groups is 2. The lowest BCUT2D eigenvalue weighted by molar-refractivity contribution is -0.139. The Hall–Kier alpha value is -3.31. The first-order chi connectivity index (χ1) is 16.0. The minimum absolute atomic E-state index is 0.0522. The van der Waals surface area contributed by atoms with Crippen LogP contribution in [0.3, 0.4) is 0 Å². The van der Waals surface area contributed by atoms with Crippen molar-refractivity contribution >= 4 is 17.7 Å². The molecule has 0 bridgehead atoms. The molecular formula is C22H30F2N6O4. The predicted molar refractivity (Wildman–Crippen MR) is 120 cm³/mol. The highest BCUT2D eigenvalue weighted by atomic mass is 19.3. The van der Waals surface area contributed by atoms with Gasteiger partial charge in [-0.15, -0.1) is 5.10 Å². The smallest absolute Gasteiger partial charge is 0.409 e. The molecule has 1 saturated heterocycles. The van der Waals surface area contributed by atoms with Gasteiger partial charge in [-0.1, -0.05) is 12.1 Å². The molecule has 3 heterocycles. The SMILES string of the molecule is CCCN(C)C(=O)OCc1c(-c2ccc(N3CC(CC(=O)O)CC(F)(F)C3)c(C)n2)nnn1C. The van der Waals surface area contributed by atoms with Gasteiger partial charge < -0.3 is 19.6 Å². The average molecular weight is 481 g/mol. The topological polar surface area (TPSA) is 114 Å². The van der Waals surface area contributed by atoms with Crippen LogP contribution in [0.2, 0.25) is 0 Å². The van der Waals surface area contributed by atoms with Crippen LogP contribution in [-0.4, -0.2) is 74.7 Å². The zero-order valence-corrected chi connectivity index (χ0v) is 19.8. The van der Waals surface area contributed by atoms with Gasteiger partial charge in [0.15, 0.2) is 0 Å². The lowest BCUT2D eigenvalue weighted by atomic mass is 9.92. The molecule has 1 amide bonds. The van der Waals surface area contributed by atoms with E-state index < -0.39 is 36.9 Å². The van der Waals surface area contributed by atoms with Gasteiger partial charge in [0.25, 0.3) is 5.92 Å². The molecule has 0 spiro atoms. The van der Waals surface area contributed by atoms with Crippen LogP contribution in [0.15, 0.2) is 12.1 Å². The number of carbonyl (C=O) groups excluding carboxylic acids is 1. The molecule has 2 aromatic heterocycles. The molecule has 34 heavy (non-hydrogen) atoms. The van der Waals surface area contributed by atoms with E-state index in [-0.39, 0.29) is 19.6 Å². The highest BCUT2D eigenvalue weighted by molar-refractivity contribution is 5.68. The molecule has 2 aromatic rings. The summed E-state index contributed by atoms with van der Waals surface area (Å²) in [5.74, 6) is -4.74. The van der Waals surface area contributed by atoms with Gasteiger partial charge in [0.1, 0.15) is 18.0 Å². The Morgan fingerprint density at radius 1 is 1.35 bits per heavy atom. The Labute approximate surface area is 196 Å². The minimum atomic E-state index is -2.99. The van der Waals surface area contributed by atoms with Crippen molar-refractivity contribution in [1.29, 1.82) is 0 Å². The lowest BCUT2D eigenvalue weighted by Gasteiger charge is -2.39. The first-order valence-corrected chi connectivity index (χ1v) is 11.1. The van der Waals surface area contributed by atoms with Gasteiger partial charge in [-0.25, -0.2) is 23.2 Å². The summed E-state index contributed by atoms with van der Waals surface area (Å²) in [6.07, 6.45) is -0.420. The summed E-state index contributed by atoms with van der Waals surface area (Å²) in [5.41, 5.74) is 2.45. The highest BCUT2D eigenvalue weighted by Crippen LogP contribution is 2.36. The van der Waals surface area contributed by atoms with Crippen molar-refractivity contribution in [3.05, 3.63) is 23.5 Å². The maximum atomic E-state index is 14.3. The first kappa shape index (κ1) is 25.3. The summed E-state index contributed by atoms with van der Waals surface area (Å²) in [6, 6.07) is 3.33. The maximum Gasteiger partial charge on any atom is 0.409 e. The third-order valence-electron chi connectivity index (χ3n) is 5.74. The summed E-state index contributed by atoms with van der Waals surface area (Å²) >= 11 is 0. The highest BCUT2D eigenvalue weighted by Gasteiger charge is 2.41. The Kier molecular flexibility index (Phi) is 7.68. The van der Waals surface area contributed by atoms with E-state index in [1.807, 2.05) is 6.92 Å². The van der Waals surface area contributed by atoms with E-state index in [2.05, 4.69) is 15.3 Å².